The van der Waals surface area contributed by atoms with Gasteiger partial charge in [0.2, 0.25) is 0 Å². The molecule has 0 saturated heterocycles. The zero-order valence-electron chi connectivity index (χ0n) is 81.1. The number of rotatable bonds is 15. The third kappa shape index (κ3) is 16.0. The lowest BCUT2D eigenvalue weighted by molar-refractivity contribution is 0.670. The van der Waals surface area contributed by atoms with Gasteiger partial charge in [-0.15, -0.1) is 11.3 Å². The van der Waals surface area contributed by atoms with E-state index in [1.165, 1.54) is 75.8 Å². The average molecular weight is 1930 g/mol. The van der Waals surface area contributed by atoms with Crippen molar-refractivity contribution in [3.05, 3.63) is 534 Å². The van der Waals surface area contributed by atoms with Gasteiger partial charge in [-0.1, -0.05) is 340 Å². The van der Waals surface area contributed by atoms with Crippen LogP contribution in [0.15, 0.2) is 538 Å². The molecule has 0 aliphatic carbocycles. The summed E-state index contributed by atoms with van der Waals surface area (Å²) in [7, 11) is 0. The zero-order chi connectivity index (χ0) is 99.1. The van der Waals surface area contributed by atoms with Crippen LogP contribution in [0.25, 0.3) is 259 Å². The second-order valence-corrected chi connectivity index (χ2v) is 39.0. The number of para-hydroxylation sites is 11. The summed E-state index contributed by atoms with van der Waals surface area (Å²) in [6, 6.07) is 189. The highest BCUT2D eigenvalue weighted by atomic mass is 32.1. The van der Waals surface area contributed by atoms with E-state index in [0.29, 0.717) is 0 Å². The maximum Gasteiger partial charge on any atom is 0.165 e. The van der Waals surface area contributed by atoms with Crippen LogP contribution in [-0.4, -0.2) is 43.6 Å². The molecule has 22 aromatic carbocycles. The summed E-state index contributed by atoms with van der Waals surface area (Å²) in [5.74, 6) is 0. The Hall–Kier alpha value is -19.9. The molecule has 0 unspecified atom stereocenters. The van der Waals surface area contributed by atoms with Crippen molar-refractivity contribution in [3.63, 3.8) is 0 Å². The molecule has 30 aromatic rings. The van der Waals surface area contributed by atoms with E-state index in [1.807, 2.05) is 108 Å². The third-order valence-corrected chi connectivity index (χ3v) is 30.1. The first-order valence-electron chi connectivity index (χ1n) is 50.6. The van der Waals surface area contributed by atoms with Gasteiger partial charge < -0.3 is 9.32 Å². The SMILES string of the molecule is c1ccc(-c2cc(-c3ccccc3)cc(-c3ccc4c(c3)c3nc5ccccc5nc3n4-c3cccc(-c4cccc5c4oc4ccccc45)c3)c2)cc1.c1ccc(-c2cc(-c3ccccc3)cc(-c3ccc4c(c3)c3nc5ccccc5nc3n4-c3cccc(-c4cccc5c4sc4ccccc45)c3)c2)cc1.c1ccc(N(c2ccccc2)c2ccc(-c3ccc4c(c3)c3nc5ccccc5nc3n4-c3ccccc3)cc2)cc1. The van der Waals surface area contributed by atoms with Crippen molar-refractivity contribution in [1.82, 2.24) is 43.6 Å². The highest BCUT2D eigenvalue weighted by Crippen LogP contribution is 2.47. The van der Waals surface area contributed by atoms with E-state index in [0.717, 1.165) is 200 Å². The van der Waals surface area contributed by atoms with Crippen LogP contribution in [-0.2, 0) is 0 Å². The maximum atomic E-state index is 6.46. The molecular formula is C138H88N10OS. The molecule has 0 N–H and O–H groups in total. The van der Waals surface area contributed by atoms with Crippen LogP contribution >= 0.6 is 11.3 Å². The number of aromatic nitrogens is 9. The molecule has 11 nitrogen and oxygen atoms in total. The summed E-state index contributed by atoms with van der Waals surface area (Å²) in [5, 5.41) is 8.05. The quantitative estimate of drug-likeness (QED) is 0.0999. The molecule has 8 aromatic heterocycles. The van der Waals surface area contributed by atoms with Crippen molar-refractivity contribution < 1.29 is 4.42 Å². The number of nitrogens with zero attached hydrogens (tertiary/aromatic N) is 10. The monoisotopic (exact) mass is 1930 g/mol. The van der Waals surface area contributed by atoms with E-state index in [9.17, 15) is 0 Å². The maximum absolute atomic E-state index is 6.46. The summed E-state index contributed by atoms with van der Waals surface area (Å²) in [4.78, 5) is 33.6. The van der Waals surface area contributed by atoms with Gasteiger partial charge in [-0.05, 0) is 289 Å². The van der Waals surface area contributed by atoms with Gasteiger partial charge in [-0.3, -0.25) is 13.7 Å². The van der Waals surface area contributed by atoms with Gasteiger partial charge in [0.05, 0.1) is 49.7 Å². The van der Waals surface area contributed by atoms with Crippen molar-refractivity contribution >= 4 is 170 Å². The predicted molar refractivity (Wildman–Crippen MR) is 625 cm³/mol. The molecule has 0 radical (unpaired) electrons. The predicted octanol–water partition coefficient (Wildman–Crippen LogP) is 36.9. The largest absolute Gasteiger partial charge is 0.455 e. The van der Waals surface area contributed by atoms with E-state index in [-0.39, 0.29) is 0 Å². The average Bonchev–Trinajstić information content (AvgIpc) is 1.58. The Morgan fingerprint density at radius 3 is 0.927 bits per heavy atom. The normalized spacial score (nSPS) is 11.6. The Morgan fingerprint density at radius 2 is 0.487 bits per heavy atom. The number of hydrogen-bond acceptors (Lipinski definition) is 9. The van der Waals surface area contributed by atoms with Gasteiger partial charge in [0, 0.05) is 86.8 Å². The fraction of sp³-hybridized carbons (Fsp3) is 0. The van der Waals surface area contributed by atoms with Crippen LogP contribution in [0.5, 0.6) is 0 Å². The van der Waals surface area contributed by atoms with Gasteiger partial charge in [0.25, 0.3) is 0 Å². The van der Waals surface area contributed by atoms with Crippen LogP contribution < -0.4 is 4.90 Å². The van der Waals surface area contributed by atoms with Crippen LogP contribution in [0.3, 0.4) is 0 Å². The number of fused-ring (bicyclic) bond motifs is 18. The Labute approximate surface area is 867 Å². The molecule has 0 spiro atoms. The first-order valence-corrected chi connectivity index (χ1v) is 51.4. The molecule has 150 heavy (non-hydrogen) atoms. The first-order chi connectivity index (χ1) is 74.3. The van der Waals surface area contributed by atoms with Gasteiger partial charge >= 0.3 is 0 Å². The Bertz CT molecular complexity index is 9880. The molecule has 12 heteroatoms. The van der Waals surface area contributed by atoms with E-state index < -0.39 is 0 Å². The van der Waals surface area contributed by atoms with Crippen molar-refractivity contribution in [2.75, 3.05) is 4.90 Å². The molecule has 0 fully saturated rings. The van der Waals surface area contributed by atoms with Crippen molar-refractivity contribution in [2.45, 2.75) is 0 Å². The fourth-order valence-electron chi connectivity index (χ4n) is 21.7. The zero-order valence-corrected chi connectivity index (χ0v) is 81.9. The molecular weight excluding hydrogens is 1850 g/mol. The van der Waals surface area contributed by atoms with Crippen LogP contribution in [0.1, 0.15) is 0 Å². The highest BCUT2D eigenvalue weighted by molar-refractivity contribution is 7.26. The minimum Gasteiger partial charge on any atom is -0.455 e. The molecule has 0 amide bonds. The van der Waals surface area contributed by atoms with Crippen LogP contribution in [0.2, 0.25) is 0 Å². The number of hydrogen-bond donors (Lipinski definition) is 0. The number of thiophene rings is 1. The van der Waals surface area contributed by atoms with E-state index in [2.05, 4.69) is 455 Å². The first kappa shape index (κ1) is 87.8. The van der Waals surface area contributed by atoms with Gasteiger partial charge in [0.15, 0.2) is 16.9 Å². The summed E-state index contributed by atoms with van der Waals surface area (Å²) in [6.07, 6.45) is 0. The van der Waals surface area contributed by atoms with E-state index in [4.69, 9.17) is 34.3 Å². The smallest absolute Gasteiger partial charge is 0.165 e. The molecule has 8 heterocycles. The van der Waals surface area contributed by atoms with Crippen molar-refractivity contribution in [3.8, 4) is 117 Å². The summed E-state index contributed by atoms with van der Waals surface area (Å²) in [6.45, 7) is 0. The summed E-state index contributed by atoms with van der Waals surface area (Å²) >= 11 is 1.86. The molecule has 0 atom stereocenters. The van der Waals surface area contributed by atoms with Crippen molar-refractivity contribution in [1.29, 1.82) is 0 Å². The number of furan rings is 1. The van der Waals surface area contributed by atoms with Crippen LogP contribution in [0.4, 0.5) is 17.1 Å². The van der Waals surface area contributed by atoms with Crippen LogP contribution in [0, 0.1) is 0 Å². The standard InChI is InChI=1S/C50H31N3O.C50H31N3S.C38H26N4/c2*1-3-13-32(14-4-1)36-27-37(33-15-5-2-6-16-33)29-38(28-36)34-25-26-46-43(31-34)48-50(52-45-23-9-8-22-44(45)51-48)53(46)39-18-11-17-35(30-39)40-20-12-21-42-41-19-7-10-24-47(41)54-49(40)42;1-4-12-29(13-5-1)41(30-14-6-2-7-15-30)32-23-20-27(21-24-32)28-22-25-36-33(26-28)37-38(42(36)31-16-8-3-9-17-31)40-35-19-11-10-18-34(35)39-37/h2*1-31H;1-26H. The second kappa shape index (κ2) is 37.4. The highest BCUT2D eigenvalue weighted by Gasteiger charge is 2.26. The number of benzene rings is 22. The molecule has 30 rings (SSSR count). The Morgan fingerprint density at radius 1 is 0.187 bits per heavy atom. The van der Waals surface area contributed by atoms with Gasteiger partial charge in [-0.25, -0.2) is 29.9 Å². The molecule has 0 aliphatic heterocycles. The number of anilines is 3. The minimum atomic E-state index is 0.822. The summed E-state index contributed by atoms with van der Waals surface area (Å²) < 4.78 is 15.8. The minimum absolute atomic E-state index is 0.822. The van der Waals surface area contributed by atoms with Gasteiger partial charge in [0.1, 0.15) is 27.7 Å². The fourth-order valence-corrected chi connectivity index (χ4v) is 23.0. The lowest BCUT2D eigenvalue weighted by Gasteiger charge is -2.25. The lowest BCUT2D eigenvalue weighted by Crippen LogP contribution is -2.09. The topological polar surface area (TPSA) is 109 Å². The Kier molecular flexibility index (Phi) is 21.9. The molecule has 0 bridgehead atoms. The van der Waals surface area contributed by atoms with E-state index in [1.54, 1.807) is 0 Å². The third-order valence-electron chi connectivity index (χ3n) is 28.9. The Balaban J connectivity index is 0.000000109. The lowest BCUT2D eigenvalue weighted by atomic mass is 9.93. The second-order valence-electron chi connectivity index (χ2n) is 38.0. The van der Waals surface area contributed by atoms with E-state index >= 15 is 0 Å². The summed E-state index contributed by atoms with van der Waals surface area (Å²) in [5.41, 5.74) is 42.8. The molecule has 702 valence electrons. The molecule has 0 saturated carbocycles. The van der Waals surface area contributed by atoms with Crippen molar-refractivity contribution in [2.24, 2.45) is 0 Å². The molecule has 0 aliphatic rings. The van der Waals surface area contributed by atoms with Gasteiger partial charge in [-0.2, -0.15) is 0 Å².